The summed E-state index contributed by atoms with van der Waals surface area (Å²) in [7, 11) is 3.51. The van der Waals surface area contributed by atoms with Gasteiger partial charge in [0.2, 0.25) is 0 Å². The Morgan fingerprint density at radius 2 is 1.89 bits per heavy atom. The largest absolute Gasteiger partial charge is 0.416 e. The van der Waals surface area contributed by atoms with Gasteiger partial charge < -0.3 is 10.6 Å². The molecule has 1 aromatic carbocycles. The van der Waals surface area contributed by atoms with E-state index in [4.69, 9.17) is 5.73 Å². The molecule has 102 valence electrons. The van der Waals surface area contributed by atoms with E-state index in [0.29, 0.717) is 16.9 Å². The number of hydrogen-bond donors (Lipinski definition) is 2. The van der Waals surface area contributed by atoms with E-state index in [0.717, 1.165) is 12.1 Å². The molecule has 1 aromatic heterocycles. The zero-order valence-electron chi connectivity index (χ0n) is 10.4. The van der Waals surface area contributed by atoms with Crippen LogP contribution in [0.2, 0.25) is 0 Å². The van der Waals surface area contributed by atoms with Crippen LogP contribution in [0, 0.1) is 0 Å². The summed E-state index contributed by atoms with van der Waals surface area (Å²) in [4.78, 5) is 1.73. The Morgan fingerprint density at radius 3 is 2.37 bits per heavy atom. The predicted octanol–water partition coefficient (Wildman–Crippen LogP) is 2.74. The molecule has 0 aliphatic rings. The highest BCUT2D eigenvalue weighted by molar-refractivity contribution is 5.78. The van der Waals surface area contributed by atoms with Gasteiger partial charge in [-0.05, 0) is 18.2 Å². The highest BCUT2D eigenvalue weighted by Gasteiger charge is 2.31. The number of nitrogens with zero attached hydrogens (tertiary/aromatic N) is 2. The van der Waals surface area contributed by atoms with Gasteiger partial charge in [-0.1, -0.05) is 0 Å². The van der Waals surface area contributed by atoms with Crippen LogP contribution in [0.4, 0.5) is 24.7 Å². The molecular formula is C12H13F3N4. The third-order valence-electron chi connectivity index (χ3n) is 2.69. The van der Waals surface area contributed by atoms with Gasteiger partial charge in [0.15, 0.2) is 0 Å². The summed E-state index contributed by atoms with van der Waals surface area (Å²) in [5.74, 6) is 0.233. The third kappa shape index (κ3) is 2.64. The lowest BCUT2D eigenvalue weighted by Crippen LogP contribution is -2.12. The van der Waals surface area contributed by atoms with Crippen LogP contribution in [0.1, 0.15) is 5.56 Å². The maximum Gasteiger partial charge on any atom is 0.416 e. The number of rotatable bonds is 2. The molecule has 2 aromatic rings. The van der Waals surface area contributed by atoms with Crippen molar-refractivity contribution in [3.05, 3.63) is 29.8 Å². The molecule has 0 fully saturated rings. The monoisotopic (exact) mass is 270 g/mol. The molecule has 7 heteroatoms. The first-order valence-electron chi connectivity index (χ1n) is 5.49. The van der Waals surface area contributed by atoms with E-state index in [2.05, 4.69) is 10.2 Å². The van der Waals surface area contributed by atoms with E-state index in [1.165, 1.54) is 12.1 Å². The third-order valence-corrected chi connectivity index (χ3v) is 2.69. The maximum atomic E-state index is 12.8. The van der Waals surface area contributed by atoms with Gasteiger partial charge in [-0.2, -0.15) is 18.3 Å². The second-order valence-corrected chi connectivity index (χ2v) is 4.33. The Hall–Kier alpha value is -2.18. The molecule has 0 unspecified atom stereocenters. The number of anilines is 2. The van der Waals surface area contributed by atoms with E-state index >= 15 is 0 Å². The van der Waals surface area contributed by atoms with Crippen LogP contribution in [-0.4, -0.2) is 24.3 Å². The van der Waals surface area contributed by atoms with Gasteiger partial charge in [0.25, 0.3) is 0 Å². The standard InChI is InChI=1S/C12H13F3N4/c1-19(2)10-4-3-7(12(13,14)15)5-8(10)9-6-11(16)18-17-9/h3-6H,1-2H3,(H3,16,17,18). The second kappa shape index (κ2) is 4.49. The van der Waals surface area contributed by atoms with Crippen molar-refractivity contribution in [2.24, 2.45) is 0 Å². The number of benzene rings is 1. The van der Waals surface area contributed by atoms with Crippen molar-refractivity contribution in [3.8, 4) is 11.3 Å². The van der Waals surface area contributed by atoms with Gasteiger partial charge in [-0.3, -0.25) is 5.10 Å². The zero-order valence-corrected chi connectivity index (χ0v) is 10.4. The fourth-order valence-corrected chi connectivity index (χ4v) is 1.79. The minimum absolute atomic E-state index is 0.233. The molecule has 0 saturated carbocycles. The SMILES string of the molecule is CN(C)c1ccc(C(F)(F)F)cc1-c1cc(N)n[nH]1. The molecule has 0 radical (unpaired) electrons. The van der Waals surface area contributed by atoms with Crippen LogP contribution in [0.25, 0.3) is 11.3 Å². The Bertz CT molecular complexity index is 587. The number of aromatic nitrogens is 2. The van der Waals surface area contributed by atoms with E-state index < -0.39 is 11.7 Å². The summed E-state index contributed by atoms with van der Waals surface area (Å²) >= 11 is 0. The zero-order chi connectivity index (χ0) is 14.2. The molecule has 19 heavy (non-hydrogen) atoms. The summed E-state index contributed by atoms with van der Waals surface area (Å²) in [6, 6.07) is 5.07. The van der Waals surface area contributed by atoms with Crippen LogP contribution in [0.5, 0.6) is 0 Å². The van der Waals surface area contributed by atoms with Crippen molar-refractivity contribution in [2.45, 2.75) is 6.18 Å². The smallest absolute Gasteiger partial charge is 0.382 e. The molecule has 0 spiro atoms. The summed E-state index contributed by atoms with van der Waals surface area (Å²) in [5.41, 5.74) is 6.29. The average molecular weight is 270 g/mol. The predicted molar refractivity (Wildman–Crippen MR) is 67.8 cm³/mol. The topological polar surface area (TPSA) is 57.9 Å². The van der Waals surface area contributed by atoms with Gasteiger partial charge >= 0.3 is 6.18 Å². The molecule has 0 amide bonds. The quantitative estimate of drug-likeness (QED) is 0.882. The van der Waals surface area contributed by atoms with Crippen LogP contribution >= 0.6 is 0 Å². The number of H-pyrrole nitrogens is 1. The molecule has 0 bridgehead atoms. The number of nitrogens with one attached hydrogen (secondary N) is 1. The summed E-state index contributed by atoms with van der Waals surface area (Å²) in [5, 5.41) is 6.36. The number of halogens is 3. The van der Waals surface area contributed by atoms with Crippen LogP contribution in [0.15, 0.2) is 24.3 Å². The first-order valence-corrected chi connectivity index (χ1v) is 5.49. The summed E-state index contributed by atoms with van der Waals surface area (Å²) in [6.07, 6.45) is -4.38. The summed E-state index contributed by atoms with van der Waals surface area (Å²) < 4.78 is 38.3. The van der Waals surface area contributed by atoms with E-state index in [-0.39, 0.29) is 5.82 Å². The Balaban J connectivity index is 2.61. The van der Waals surface area contributed by atoms with Crippen LogP contribution in [-0.2, 0) is 6.18 Å². The fraction of sp³-hybridized carbons (Fsp3) is 0.250. The van der Waals surface area contributed by atoms with E-state index in [9.17, 15) is 13.2 Å². The van der Waals surface area contributed by atoms with Gasteiger partial charge in [0.1, 0.15) is 5.82 Å². The van der Waals surface area contributed by atoms with E-state index in [1.807, 2.05) is 0 Å². The fourth-order valence-electron chi connectivity index (χ4n) is 1.79. The highest BCUT2D eigenvalue weighted by Crippen LogP contribution is 2.36. The molecule has 1 heterocycles. The minimum atomic E-state index is -4.38. The van der Waals surface area contributed by atoms with Gasteiger partial charge in [-0.15, -0.1) is 0 Å². The molecule has 0 aliphatic carbocycles. The van der Waals surface area contributed by atoms with Crippen LogP contribution < -0.4 is 10.6 Å². The number of nitrogen functional groups attached to an aromatic ring is 1. The number of hydrogen-bond acceptors (Lipinski definition) is 3. The van der Waals surface area contributed by atoms with Crippen molar-refractivity contribution in [3.63, 3.8) is 0 Å². The van der Waals surface area contributed by atoms with Crippen molar-refractivity contribution >= 4 is 11.5 Å². The molecular weight excluding hydrogens is 257 g/mol. The van der Waals surface area contributed by atoms with Crippen LogP contribution in [0.3, 0.4) is 0 Å². The molecule has 0 saturated heterocycles. The summed E-state index contributed by atoms with van der Waals surface area (Å²) in [6.45, 7) is 0. The number of alkyl halides is 3. The average Bonchev–Trinajstić information content (AvgIpc) is 2.73. The highest BCUT2D eigenvalue weighted by atomic mass is 19.4. The van der Waals surface area contributed by atoms with Crippen molar-refractivity contribution < 1.29 is 13.2 Å². The molecule has 0 atom stereocenters. The van der Waals surface area contributed by atoms with Gasteiger partial charge in [0, 0.05) is 31.4 Å². The van der Waals surface area contributed by atoms with Gasteiger partial charge in [-0.25, -0.2) is 0 Å². The minimum Gasteiger partial charge on any atom is -0.382 e. The van der Waals surface area contributed by atoms with Crippen molar-refractivity contribution in [1.82, 2.24) is 10.2 Å². The first-order chi connectivity index (χ1) is 8.79. The lowest BCUT2D eigenvalue weighted by atomic mass is 10.0. The Kier molecular flexibility index (Phi) is 3.13. The first kappa shape index (κ1) is 13.3. The molecule has 0 aliphatic heterocycles. The normalized spacial score (nSPS) is 11.6. The van der Waals surface area contributed by atoms with Crippen molar-refractivity contribution in [2.75, 3.05) is 24.7 Å². The second-order valence-electron chi connectivity index (χ2n) is 4.33. The molecule has 4 nitrogen and oxygen atoms in total. The lowest BCUT2D eigenvalue weighted by Gasteiger charge is -2.18. The lowest BCUT2D eigenvalue weighted by molar-refractivity contribution is -0.137. The molecule has 2 rings (SSSR count). The maximum absolute atomic E-state index is 12.8. The molecule has 3 N–H and O–H groups in total. The number of aromatic amines is 1. The Labute approximate surface area is 108 Å². The Morgan fingerprint density at radius 1 is 1.21 bits per heavy atom. The van der Waals surface area contributed by atoms with Gasteiger partial charge in [0.05, 0.1) is 11.3 Å². The van der Waals surface area contributed by atoms with Crippen molar-refractivity contribution in [1.29, 1.82) is 0 Å². The van der Waals surface area contributed by atoms with E-state index in [1.54, 1.807) is 19.0 Å². The number of nitrogens with two attached hydrogens (primary N) is 1.